The first kappa shape index (κ1) is 8.20. The van der Waals surface area contributed by atoms with Crippen molar-refractivity contribution in [2.75, 3.05) is 0 Å². The number of aldehydes is 1. The zero-order valence-electron chi connectivity index (χ0n) is 5.34. The highest BCUT2D eigenvalue weighted by Gasteiger charge is 2.09. The van der Waals surface area contributed by atoms with Crippen LogP contribution in [0.2, 0.25) is 0 Å². The van der Waals surface area contributed by atoms with E-state index >= 15 is 0 Å². The van der Waals surface area contributed by atoms with E-state index < -0.39 is 11.6 Å². The third kappa shape index (κ3) is 1.40. The fourth-order valence-electron chi connectivity index (χ4n) is 0.669. The maximum Gasteiger partial charge on any atom is 0.165 e. The average Bonchev–Trinajstić information content (AvgIpc) is 1.99. The van der Waals surface area contributed by atoms with Crippen molar-refractivity contribution >= 4 is 22.2 Å². The summed E-state index contributed by atoms with van der Waals surface area (Å²) in [4.78, 5) is 10.2. The van der Waals surface area contributed by atoms with Gasteiger partial charge in [0.1, 0.15) is 0 Å². The molecule has 1 aromatic carbocycles. The number of phenolic OH excluding ortho intramolecular Hbond substituents is 1. The Morgan fingerprint density at radius 2 is 2.18 bits per heavy atom. The summed E-state index contributed by atoms with van der Waals surface area (Å²) in [5, 5.41) is 8.94. The van der Waals surface area contributed by atoms with Gasteiger partial charge in [-0.05, 0) is 28.1 Å². The van der Waals surface area contributed by atoms with Crippen LogP contribution in [0, 0.1) is 5.82 Å². The third-order valence-corrected chi connectivity index (χ3v) is 1.92. The van der Waals surface area contributed by atoms with Crippen LogP contribution in [0.25, 0.3) is 0 Å². The number of benzene rings is 1. The van der Waals surface area contributed by atoms with E-state index in [4.69, 9.17) is 5.11 Å². The summed E-state index contributed by atoms with van der Waals surface area (Å²) in [6, 6.07) is 2.44. The van der Waals surface area contributed by atoms with Gasteiger partial charge in [-0.15, -0.1) is 0 Å². The molecule has 58 valence electrons. The van der Waals surface area contributed by atoms with E-state index in [0.29, 0.717) is 10.8 Å². The van der Waals surface area contributed by atoms with Crippen LogP contribution < -0.4 is 0 Å². The molecule has 1 N–H and O–H groups in total. The molecule has 0 aliphatic heterocycles. The molecule has 1 aromatic rings. The van der Waals surface area contributed by atoms with Crippen molar-refractivity contribution in [3.8, 4) is 5.75 Å². The molecular formula is C7H4BrFO2. The summed E-state index contributed by atoms with van der Waals surface area (Å²) in [6.07, 6.45) is 0.391. The van der Waals surface area contributed by atoms with Crippen LogP contribution in [-0.2, 0) is 0 Å². The van der Waals surface area contributed by atoms with Crippen LogP contribution in [0.1, 0.15) is 10.4 Å². The zero-order chi connectivity index (χ0) is 8.43. The predicted molar refractivity (Wildman–Crippen MR) is 41.2 cm³/mol. The highest BCUT2D eigenvalue weighted by Crippen LogP contribution is 2.26. The quantitative estimate of drug-likeness (QED) is 0.734. The van der Waals surface area contributed by atoms with Crippen LogP contribution in [-0.4, -0.2) is 11.4 Å². The summed E-state index contributed by atoms with van der Waals surface area (Å²) in [5.74, 6) is -1.41. The van der Waals surface area contributed by atoms with E-state index in [2.05, 4.69) is 15.9 Å². The van der Waals surface area contributed by atoms with Crippen LogP contribution in [0.15, 0.2) is 16.6 Å². The molecular weight excluding hydrogens is 215 g/mol. The van der Waals surface area contributed by atoms with Crippen molar-refractivity contribution in [3.05, 3.63) is 28.0 Å². The zero-order valence-corrected chi connectivity index (χ0v) is 6.93. The molecule has 0 spiro atoms. The molecule has 4 heteroatoms. The van der Waals surface area contributed by atoms with Gasteiger partial charge in [0.2, 0.25) is 0 Å². The summed E-state index contributed by atoms with van der Waals surface area (Å²) < 4.78 is 12.9. The second-order valence-corrected chi connectivity index (χ2v) is 2.76. The number of carbonyl (C=O) groups excluding carboxylic acids is 1. The molecule has 0 atom stereocenters. The summed E-state index contributed by atoms with van der Waals surface area (Å²) >= 11 is 2.98. The van der Waals surface area contributed by atoms with Gasteiger partial charge in [-0.3, -0.25) is 4.79 Å². The topological polar surface area (TPSA) is 37.3 Å². The van der Waals surface area contributed by atoms with Gasteiger partial charge in [-0.25, -0.2) is 4.39 Å². The standard InChI is InChI=1S/C7H4BrFO2/c8-5-1-2-6(9)7(11)4(5)3-10/h1-3,11H. The summed E-state index contributed by atoms with van der Waals surface area (Å²) in [7, 11) is 0. The number of rotatable bonds is 1. The molecule has 0 bridgehead atoms. The van der Waals surface area contributed by atoms with Gasteiger partial charge in [0.15, 0.2) is 17.9 Å². The summed E-state index contributed by atoms with van der Waals surface area (Å²) in [6.45, 7) is 0. The lowest BCUT2D eigenvalue weighted by atomic mass is 10.2. The van der Waals surface area contributed by atoms with E-state index in [1.807, 2.05) is 0 Å². The van der Waals surface area contributed by atoms with Crippen molar-refractivity contribution in [2.45, 2.75) is 0 Å². The Morgan fingerprint density at radius 1 is 1.55 bits per heavy atom. The first-order valence-electron chi connectivity index (χ1n) is 2.79. The molecule has 0 fully saturated rings. The Labute approximate surface area is 70.8 Å². The van der Waals surface area contributed by atoms with Gasteiger partial charge in [-0.2, -0.15) is 0 Å². The smallest absolute Gasteiger partial charge is 0.165 e. The second-order valence-electron chi connectivity index (χ2n) is 1.91. The highest BCUT2D eigenvalue weighted by atomic mass is 79.9. The maximum atomic E-state index is 12.5. The number of hydrogen-bond acceptors (Lipinski definition) is 2. The SMILES string of the molecule is O=Cc1c(Br)ccc(F)c1O. The largest absolute Gasteiger partial charge is 0.504 e. The summed E-state index contributed by atoms with van der Waals surface area (Å²) in [5.41, 5.74) is -0.0648. The van der Waals surface area contributed by atoms with Crippen molar-refractivity contribution in [1.82, 2.24) is 0 Å². The molecule has 0 aliphatic rings. The third-order valence-electron chi connectivity index (χ3n) is 1.23. The molecule has 0 saturated heterocycles. The van der Waals surface area contributed by atoms with E-state index in [1.165, 1.54) is 6.07 Å². The van der Waals surface area contributed by atoms with Gasteiger partial charge < -0.3 is 5.11 Å². The number of halogens is 2. The van der Waals surface area contributed by atoms with Crippen LogP contribution >= 0.6 is 15.9 Å². The van der Waals surface area contributed by atoms with Crippen molar-refractivity contribution in [3.63, 3.8) is 0 Å². The monoisotopic (exact) mass is 218 g/mol. The van der Waals surface area contributed by atoms with E-state index in [0.717, 1.165) is 6.07 Å². The van der Waals surface area contributed by atoms with Crippen LogP contribution in [0.5, 0.6) is 5.75 Å². The van der Waals surface area contributed by atoms with Crippen molar-refractivity contribution in [1.29, 1.82) is 0 Å². The first-order valence-corrected chi connectivity index (χ1v) is 3.58. The Kier molecular flexibility index (Phi) is 2.24. The van der Waals surface area contributed by atoms with Gasteiger partial charge in [-0.1, -0.05) is 0 Å². The lowest BCUT2D eigenvalue weighted by molar-refractivity contribution is 0.111. The van der Waals surface area contributed by atoms with Gasteiger partial charge in [0, 0.05) is 4.47 Å². The molecule has 2 nitrogen and oxygen atoms in total. The second kappa shape index (κ2) is 3.00. The fraction of sp³-hybridized carbons (Fsp3) is 0. The number of carbonyl (C=O) groups is 1. The van der Waals surface area contributed by atoms with Crippen molar-refractivity contribution < 1.29 is 14.3 Å². The Morgan fingerprint density at radius 3 is 2.64 bits per heavy atom. The average molecular weight is 219 g/mol. The van der Waals surface area contributed by atoms with E-state index in [9.17, 15) is 9.18 Å². The number of hydrogen-bond donors (Lipinski definition) is 1. The molecule has 0 unspecified atom stereocenters. The molecule has 0 aliphatic carbocycles. The minimum atomic E-state index is -0.796. The highest BCUT2D eigenvalue weighted by molar-refractivity contribution is 9.10. The van der Waals surface area contributed by atoms with Crippen LogP contribution in [0.4, 0.5) is 4.39 Å². The molecule has 0 aromatic heterocycles. The molecule has 0 heterocycles. The predicted octanol–water partition coefficient (Wildman–Crippen LogP) is 2.11. The maximum absolute atomic E-state index is 12.5. The van der Waals surface area contributed by atoms with E-state index in [1.54, 1.807) is 0 Å². The van der Waals surface area contributed by atoms with Gasteiger partial charge in [0.25, 0.3) is 0 Å². The molecule has 0 amide bonds. The Hall–Kier alpha value is -0.900. The Balaban J connectivity index is 3.40. The van der Waals surface area contributed by atoms with Gasteiger partial charge in [0.05, 0.1) is 5.56 Å². The Bertz CT molecular complexity index is 299. The van der Waals surface area contributed by atoms with E-state index in [-0.39, 0.29) is 5.56 Å². The molecule has 11 heavy (non-hydrogen) atoms. The lowest BCUT2D eigenvalue weighted by Gasteiger charge is -1.99. The van der Waals surface area contributed by atoms with Crippen LogP contribution in [0.3, 0.4) is 0 Å². The lowest BCUT2D eigenvalue weighted by Crippen LogP contribution is -1.86. The molecule has 0 saturated carbocycles. The molecule has 1 rings (SSSR count). The number of phenols is 1. The normalized spacial score (nSPS) is 9.64. The minimum absolute atomic E-state index is 0.0648. The number of aromatic hydroxyl groups is 1. The fourth-order valence-corrected chi connectivity index (χ4v) is 1.08. The van der Waals surface area contributed by atoms with Crippen molar-refractivity contribution in [2.24, 2.45) is 0 Å². The molecule has 0 radical (unpaired) electrons. The van der Waals surface area contributed by atoms with Gasteiger partial charge >= 0.3 is 0 Å². The first-order chi connectivity index (χ1) is 5.16. The minimum Gasteiger partial charge on any atom is -0.504 e.